The lowest BCUT2D eigenvalue weighted by Crippen LogP contribution is -2.47. The van der Waals surface area contributed by atoms with E-state index in [1.807, 2.05) is 4.90 Å². The smallest absolute Gasteiger partial charge is 0.251 e. The van der Waals surface area contributed by atoms with Crippen LogP contribution in [0.1, 0.15) is 13.3 Å². The zero-order valence-electron chi connectivity index (χ0n) is 12.9. The van der Waals surface area contributed by atoms with E-state index in [1.54, 1.807) is 24.3 Å². The maximum Gasteiger partial charge on any atom is 0.251 e. The fraction of sp³-hybridized carbons (Fsp3) is 0.438. The number of imide groups is 1. The Morgan fingerprint density at radius 3 is 2.43 bits per heavy atom. The number of carbonyl (C=O) groups is 3. The van der Waals surface area contributed by atoms with E-state index in [1.165, 1.54) is 11.8 Å². The van der Waals surface area contributed by atoms with Crippen molar-refractivity contribution in [3.63, 3.8) is 0 Å². The molecule has 2 heterocycles. The number of amides is 3. The van der Waals surface area contributed by atoms with Crippen molar-refractivity contribution in [3.05, 3.63) is 24.3 Å². The van der Waals surface area contributed by atoms with E-state index in [4.69, 9.17) is 4.74 Å². The predicted octanol–water partition coefficient (Wildman–Crippen LogP) is 0.609. The molecule has 2 aliphatic rings. The minimum Gasteiger partial charge on any atom is -0.379 e. The van der Waals surface area contributed by atoms with Gasteiger partial charge in [-0.1, -0.05) is 0 Å². The molecule has 3 amide bonds. The van der Waals surface area contributed by atoms with Gasteiger partial charge in [0.2, 0.25) is 11.8 Å². The van der Waals surface area contributed by atoms with Gasteiger partial charge in [0.15, 0.2) is 0 Å². The number of benzene rings is 1. The molecule has 0 radical (unpaired) electrons. The van der Waals surface area contributed by atoms with Gasteiger partial charge >= 0.3 is 0 Å². The van der Waals surface area contributed by atoms with Crippen molar-refractivity contribution >= 4 is 29.1 Å². The van der Waals surface area contributed by atoms with Crippen LogP contribution >= 0.6 is 0 Å². The normalized spacial score (nSPS) is 22.5. The van der Waals surface area contributed by atoms with Crippen LogP contribution in [0, 0.1) is 0 Å². The van der Waals surface area contributed by atoms with Crippen molar-refractivity contribution in [1.82, 2.24) is 4.90 Å². The Balaban J connectivity index is 1.75. The zero-order valence-corrected chi connectivity index (χ0v) is 12.9. The van der Waals surface area contributed by atoms with Crippen LogP contribution in [0.2, 0.25) is 0 Å². The van der Waals surface area contributed by atoms with Crippen LogP contribution in [-0.4, -0.2) is 55.0 Å². The van der Waals surface area contributed by atoms with Crippen LogP contribution in [0.25, 0.3) is 0 Å². The summed E-state index contributed by atoms with van der Waals surface area (Å²) in [6.07, 6.45) is 0.201. The molecule has 0 aliphatic carbocycles. The lowest BCUT2D eigenvalue weighted by Gasteiger charge is -2.30. The summed E-state index contributed by atoms with van der Waals surface area (Å²) < 4.78 is 5.29. The molecule has 2 saturated heterocycles. The number of hydrogen-bond donors (Lipinski definition) is 1. The molecule has 1 aromatic carbocycles. The van der Waals surface area contributed by atoms with Crippen molar-refractivity contribution < 1.29 is 19.1 Å². The van der Waals surface area contributed by atoms with Crippen molar-refractivity contribution in [1.29, 1.82) is 0 Å². The molecule has 1 N–H and O–H groups in total. The maximum absolute atomic E-state index is 12.6. The summed E-state index contributed by atoms with van der Waals surface area (Å²) in [4.78, 5) is 39.2. The number of hydrogen-bond acceptors (Lipinski definition) is 5. The Kier molecular flexibility index (Phi) is 4.40. The van der Waals surface area contributed by atoms with Crippen molar-refractivity contribution in [2.75, 3.05) is 36.5 Å². The first-order chi connectivity index (χ1) is 11.1. The highest BCUT2D eigenvalue weighted by molar-refractivity contribution is 6.22. The number of rotatable bonds is 3. The van der Waals surface area contributed by atoms with E-state index >= 15 is 0 Å². The quantitative estimate of drug-likeness (QED) is 0.826. The van der Waals surface area contributed by atoms with Crippen LogP contribution in [0.15, 0.2) is 24.3 Å². The van der Waals surface area contributed by atoms with Gasteiger partial charge in [-0.05, 0) is 24.3 Å². The van der Waals surface area contributed by atoms with E-state index < -0.39 is 6.04 Å². The summed E-state index contributed by atoms with van der Waals surface area (Å²) in [5.74, 6) is -0.554. The van der Waals surface area contributed by atoms with Gasteiger partial charge in [-0.2, -0.15) is 0 Å². The first-order valence-electron chi connectivity index (χ1n) is 7.62. The molecule has 122 valence electrons. The molecular formula is C16H19N3O4. The number of nitrogens with one attached hydrogen (secondary N) is 1. The highest BCUT2D eigenvalue weighted by Gasteiger charge is 2.42. The topological polar surface area (TPSA) is 79.0 Å². The van der Waals surface area contributed by atoms with Crippen molar-refractivity contribution in [2.24, 2.45) is 0 Å². The van der Waals surface area contributed by atoms with E-state index in [2.05, 4.69) is 5.32 Å². The maximum atomic E-state index is 12.6. The van der Waals surface area contributed by atoms with Crippen molar-refractivity contribution in [3.8, 4) is 0 Å². The second-order valence-electron chi connectivity index (χ2n) is 5.66. The van der Waals surface area contributed by atoms with Gasteiger partial charge in [0, 0.05) is 25.7 Å². The SMILES string of the molecule is CC(=O)Nc1ccc(N2C(=O)C[C@@H](N3CCOCC3)C2=O)cc1. The third-order valence-electron chi connectivity index (χ3n) is 4.06. The van der Waals surface area contributed by atoms with E-state index in [-0.39, 0.29) is 24.1 Å². The third-order valence-corrected chi connectivity index (χ3v) is 4.06. The van der Waals surface area contributed by atoms with Crippen molar-refractivity contribution in [2.45, 2.75) is 19.4 Å². The summed E-state index contributed by atoms with van der Waals surface area (Å²) in [5, 5.41) is 2.66. The third kappa shape index (κ3) is 3.25. The molecule has 0 spiro atoms. The molecular weight excluding hydrogens is 298 g/mol. The molecule has 23 heavy (non-hydrogen) atoms. The molecule has 2 fully saturated rings. The lowest BCUT2D eigenvalue weighted by molar-refractivity contribution is -0.124. The average Bonchev–Trinajstić information content (AvgIpc) is 2.83. The van der Waals surface area contributed by atoms with Gasteiger partial charge in [0.25, 0.3) is 5.91 Å². The first kappa shape index (κ1) is 15.6. The largest absolute Gasteiger partial charge is 0.379 e. The van der Waals surface area contributed by atoms with Crippen LogP contribution in [0.5, 0.6) is 0 Å². The second-order valence-corrected chi connectivity index (χ2v) is 5.66. The molecule has 0 unspecified atom stereocenters. The number of morpholine rings is 1. The summed E-state index contributed by atoms with van der Waals surface area (Å²) in [6, 6.07) is 6.30. The summed E-state index contributed by atoms with van der Waals surface area (Å²) >= 11 is 0. The molecule has 2 aliphatic heterocycles. The Labute approximate surface area is 134 Å². The highest BCUT2D eigenvalue weighted by atomic mass is 16.5. The Morgan fingerprint density at radius 1 is 1.17 bits per heavy atom. The average molecular weight is 317 g/mol. The molecule has 0 aromatic heterocycles. The minimum absolute atomic E-state index is 0.168. The molecule has 1 atom stereocenters. The summed E-state index contributed by atoms with van der Waals surface area (Å²) in [5.41, 5.74) is 1.16. The fourth-order valence-electron chi connectivity index (χ4n) is 2.96. The van der Waals surface area contributed by atoms with Gasteiger partial charge in [0.05, 0.1) is 31.4 Å². The highest BCUT2D eigenvalue weighted by Crippen LogP contribution is 2.27. The van der Waals surface area contributed by atoms with E-state index in [0.717, 1.165) is 0 Å². The number of nitrogens with zero attached hydrogens (tertiary/aromatic N) is 2. The Morgan fingerprint density at radius 2 is 1.83 bits per heavy atom. The number of carbonyl (C=O) groups excluding carboxylic acids is 3. The van der Waals surface area contributed by atoms with Crippen LogP contribution < -0.4 is 10.2 Å². The summed E-state index contributed by atoms with van der Waals surface area (Å²) in [6.45, 7) is 3.93. The zero-order chi connectivity index (χ0) is 16.4. The first-order valence-corrected chi connectivity index (χ1v) is 7.62. The summed E-state index contributed by atoms with van der Waals surface area (Å²) in [7, 11) is 0. The van der Waals surface area contributed by atoms with Gasteiger partial charge < -0.3 is 10.1 Å². The van der Waals surface area contributed by atoms with Gasteiger partial charge in [-0.3, -0.25) is 19.3 Å². The Hall–Kier alpha value is -2.25. The van der Waals surface area contributed by atoms with E-state index in [0.29, 0.717) is 37.7 Å². The van der Waals surface area contributed by atoms with Gasteiger partial charge in [-0.25, -0.2) is 4.90 Å². The molecule has 7 nitrogen and oxygen atoms in total. The predicted molar refractivity (Wildman–Crippen MR) is 84.0 cm³/mol. The molecule has 7 heteroatoms. The standard InChI is InChI=1S/C16H19N3O4/c1-11(20)17-12-2-4-13(5-3-12)19-15(21)10-14(16(19)22)18-6-8-23-9-7-18/h2-5,14H,6-10H2,1H3,(H,17,20)/t14-/m1/s1. The second kappa shape index (κ2) is 6.47. The van der Waals surface area contributed by atoms with Gasteiger partial charge in [-0.15, -0.1) is 0 Å². The van der Waals surface area contributed by atoms with E-state index in [9.17, 15) is 14.4 Å². The molecule has 1 aromatic rings. The molecule has 0 bridgehead atoms. The molecule has 0 saturated carbocycles. The van der Waals surface area contributed by atoms with Crippen LogP contribution in [-0.2, 0) is 19.1 Å². The van der Waals surface area contributed by atoms with Gasteiger partial charge in [0.1, 0.15) is 0 Å². The van der Waals surface area contributed by atoms with Crippen LogP contribution in [0.4, 0.5) is 11.4 Å². The Bertz CT molecular complexity index is 623. The fourth-order valence-corrected chi connectivity index (χ4v) is 2.96. The molecule has 3 rings (SSSR count). The monoisotopic (exact) mass is 317 g/mol. The number of ether oxygens (including phenoxy) is 1. The van der Waals surface area contributed by atoms with Crippen LogP contribution in [0.3, 0.4) is 0 Å². The minimum atomic E-state index is -0.401. The number of anilines is 2. The lowest BCUT2D eigenvalue weighted by atomic mass is 10.2.